The number of hydrogen-bond acceptors (Lipinski definition) is 4. The summed E-state index contributed by atoms with van der Waals surface area (Å²) in [5, 5.41) is 3.49. The maximum atomic E-state index is 6.05. The first-order valence-electron chi connectivity index (χ1n) is 8.18. The molecule has 0 saturated carbocycles. The van der Waals surface area contributed by atoms with Crippen LogP contribution in [0.25, 0.3) is 0 Å². The first-order chi connectivity index (χ1) is 11.4. The zero-order valence-electron chi connectivity index (χ0n) is 13.0. The van der Waals surface area contributed by atoms with Crippen LogP contribution in [0.5, 0.6) is 17.2 Å². The fourth-order valence-corrected chi connectivity index (χ4v) is 3.41. The largest absolute Gasteiger partial charge is 0.493 e. The van der Waals surface area contributed by atoms with Gasteiger partial charge >= 0.3 is 0 Å². The average molecular weight is 311 g/mol. The molecular formula is C19H21NO3. The highest BCUT2D eigenvalue weighted by Crippen LogP contribution is 2.36. The Morgan fingerprint density at radius 1 is 1.04 bits per heavy atom. The standard InChI is InChI=1S/C19H21NO3/c1-2-4-14(5-3-1)17-8-9-20-11-15(17)12-21-16-6-7-18-19(10-16)23-13-22-18/h1-7,10,15,17,20H,8-9,11-13H2/t15-,17?/m1/s1. The van der Waals surface area contributed by atoms with Gasteiger partial charge in [-0.1, -0.05) is 30.3 Å². The Hall–Kier alpha value is -2.20. The first-order valence-corrected chi connectivity index (χ1v) is 8.18. The Morgan fingerprint density at radius 3 is 2.83 bits per heavy atom. The van der Waals surface area contributed by atoms with Crippen molar-refractivity contribution in [3.8, 4) is 17.2 Å². The zero-order valence-corrected chi connectivity index (χ0v) is 13.0. The molecule has 0 spiro atoms. The van der Waals surface area contributed by atoms with Gasteiger partial charge in [0.15, 0.2) is 11.5 Å². The van der Waals surface area contributed by atoms with Crippen molar-refractivity contribution in [3.05, 3.63) is 54.1 Å². The third-order valence-electron chi connectivity index (χ3n) is 4.64. The minimum Gasteiger partial charge on any atom is -0.493 e. The monoisotopic (exact) mass is 311 g/mol. The van der Waals surface area contributed by atoms with Crippen LogP contribution >= 0.6 is 0 Å². The van der Waals surface area contributed by atoms with Gasteiger partial charge in [-0.2, -0.15) is 0 Å². The van der Waals surface area contributed by atoms with Crippen molar-refractivity contribution in [1.82, 2.24) is 5.32 Å². The summed E-state index contributed by atoms with van der Waals surface area (Å²) in [4.78, 5) is 0. The third-order valence-corrected chi connectivity index (χ3v) is 4.64. The molecule has 4 rings (SSSR count). The van der Waals surface area contributed by atoms with Crippen molar-refractivity contribution < 1.29 is 14.2 Å². The molecule has 0 aliphatic carbocycles. The summed E-state index contributed by atoms with van der Waals surface area (Å²) in [7, 11) is 0. The number of rotatable bonds is 4. The average Bonchev–Trinajstić information content (AvgIpc) is 3.09. The fraction of sp³-hybridized carbons (Fsp3) is 0.368. The summed E-state index contributed by atoms with van der Waals surface area (Å²) in [5.74, 6) is 3.41. The minimum atomic E-state index is 0.293. The number of piperidine rings is 1. The summed E-state index contributed by atoms with van der Waals surface area (Å²) in [6, 6.07) is 16.5. The fourth-order valence-electron chi connectivity index (χ4n) is 3.41. The van der Waals surface area contributed by atoms with Gasteiger partial charge in [-0.25, -0.2) is 0 Å². The molecule has 120 valence electrons. The normalized spacial score (nSPS) is 22.8. The maximum absolute atomic E-state index is 6.05. The van der Waals surface area contributed by atoms with Crippen molar-refractivity contribution in [2.24, 2.45) is 5.92 Å². The molecule has 2 heterocycles. The molecule has 2 atom stereocenters. The third kappa shape index (κ3) is 3.13. The van der Waals surface area contributed by atoms with Gasteiger partial charge in [-0.15, -0.1) is 0 Å². The van der Waals surface area contributed by atoms with Crippen LogP contribution in [0.1, 0.15) is 17.9 Å². The van der Waals surface area contributed by atoms with Crippen LogP contribution < -0.4 is 19.5 Å². The van der Waals surface area contributed by atoms with Gasteiger partial charge in [0.05, 0.1) is 6.61 Å². The van der Waals surface area contributed by atoms with Crippen molar-refractivity contribution in [1.29, 1.82) is 0 Å². The number of nitrogens with one attached hydrogen (secondary N) is 1. The predicted octanol–water partition coefficient (Wildman–Crippen LogP) is 3.19. The zero-order chi connectivity index (χ0) is 15.5. The lowest BCUT2D eigenvalue weighted by molar-refractivity contribution is 0.173. The highest BCUT2D eigenvalue weighted by atomic mass is 16.7. The van der Waals surface area contributed by atoms with Crippen LogP contribution in [0.3, 0.4) is 0 Å². The second kappa shape index (κ2) is 6.50. The molecule has 23 heavy (non-hydrogen) atoms. The van der Waals surface area contributed by atoms with E-state index in [1.165, 1.54) is 5.56 Å². The van der Waals surface area contributed by atoms with E-state index in [0.29, 0.717) is 25.2 Å². The number of ether oxygens (including phenoxy) is 3. The van der Waals surface area contributed by atoms with Crippen LogP contribution in [0.15, 0.2) is 48.5 Å². The van der Waals surface area contributed by atoms with Gasteiger partial charge in [-0.05, 0) is 36.6 Å². The second-order valence-corrected chi connectivity index (χ2v) is 6.10. The quantitative estimate of drug-likeness (QED) is 0.941. The highest BCUT2D eigenvalue weighted by Gasteiger charge is 2.27. The molecule has 2 aliphatic heterocycles. The Labute approximate surface area is 136 Å². The number of hydrogen-bond donors (Lipinski definition) is 1. The van der Waals surface area contributed by atoms with Crippen molar-refractivity contribution in [2.45, 2.75) is 12.3 Å². The molecule has 1 fully saturated rings. The molecule has 2 aliphatic rings. The summed E-state index contributed by atoms with van der Waals surface area (Å²) in [6.45, 7) is 3.05. The summed E-state index contributed by atoms with van der Waals surface area (Å²) in [6.07, 6.45) is 1.15. The Kier molecular flexibility index (Phi) is 4.07. The minimum absolute atomic E-state index is 0.293. The van der Waals surface area contributed by atoms with E-state index in [2.05, 4.69) is 35.6 Å². The molecule has 4 heteroatoms. The summed E-state index contributed by atoms with van der Waals surface area (Å²) >= 11 is 0. The molecule has 1 N–H and O–H groups in total. The Balaban J connectivity index is 1.44. The van der Waals surface area contributed by atoms with E-state index in [9.17, 15) is 0 Å². The van der Waals surface area contributed by atoms with Gasteiger partial charge in [0.1, 0.15) is 5.75 Å². The van der Waals surface area contributed by atoms with E-state index < -0.39 is 0 Å². The predicted molar refractivity (Wildman–Crippen MR) is 88.2 cm³/mol. The van der Waals surface area contributed by atoms with E-state index in [1.807, 2.05) is 18.2 Å². The van der Waals surface area contributed by atoms with E-state index in [4.69, 9.17) is 14.2 Å². The van der Waals surface area contributed by atoms with E-state index in [0.717, 1.165) is 36.8 Å². The van der Waals surface area contributed by atoms with Crippen LogP contribution in [-0.4, -0.2) is 26.5 Å². The maximum Gasteiger partial charge on any atom is 0.231 e. The van der Waals surface area contributed by atoms with Gasteiger partial charge in [0, 0.05) is 18.5 Å². The van der Waals surface area contributed by atoms with Gasteiger partial charge in [0.2, 0.25) is 6.79 Å². The number of fused-ring (bicyclic) bond motifs is 1. The van der Waals surface area contributed by atoms with Crippen molar-refractivity contribution in [2.75, 3.05) is 26.5 Å². The molecule has 1 unspecified atom stereocenters. The van der Waals surface area contributed by atoms with E-state index in [-0.39, 0.29) is 0 Å². The highest BCUT2D eigenvalue weighted by molar-refractivity contribution is 5.46. The topological polar surface area (TPSA) is 39.7 Å². The molecule has 2 aromatic rings. The molecule has 1 saturated heterocycles. The summed E-state index contributed by atoms with van der Waals surface area (Å²) < 4.78 is 16.8. The Morgan fingerprint density at radius 2 is 1.91 bits per heavy atom. The number of benzene rings is 2. The smallest absolute Gasteiger partial charge is 0.231 e. The lowest BCUT2D eigenvalue weighted by Crippen LogP contribution is -2.38. The van der Waals surface area contributed by atoms with Crippen LogP contribution in [-0.2, 0) is 0 Å². The van der Waals surface area contributed by atoms with Crippen molar-refractivity contribution in [3.63, 3.8) is 0 Å². The van der Waals surface area contributed by atoms with Gasteiger partial charge in [-0.3, -0.25) is 0 Å². The SMILES string of the molecule is c1ccc(C2CCNC[C@@H]2COc2ccc3c(c2)OCO3)cc1. The van der Waals surface area contributed by atoms with Gasteiger partial charge < -0.3 is 19.5 Å². The molecule has 0 aromatic heterocycles. The van der Waals surface area contributed by atoms with E-state index >= 15 is 0 Å². The molecule has 0 radical (unpaired) electrons. The molecular weight excluding hydrogens is 290 g/mol. The molecule has 0 bridgehead atoms. The van der Waals surface area contributed by atoms with Crippen molar-refractivity contribution >= 4 is 0 Å². The first kappa shape index (κ1) is 14.4. The Bertz CT molecular complexity index is 659. The van der Waals surface area contributed by atoms with Crippen LogP contribution in [0, 0.1) is 5.92 Å². The lowest BCUT2D eigenvalue weighted by atomic mass is 9.81. The van der Waals surface area contributed by atoms with Gasteiger partial charge in [0.25, 0.3) is 0 Å². The van der Waals surface area contributed by atoms with Crippen LogP contribution in [0.2, 0.25) is 0 Å². The summed E-state index contributed by atoms with van der Waals surface area (Å²) in [5.41, 5.74) is 1.41. The molecule has 0 amide bonds. The molecule has 4 nitrogen and oxygen atoms in total. The van der Waals surface area contributed by atoms with Crippen LogP contribution in [0.4, 0.5) is 0 Å². The molecule has 2 aromatic carbocycles. The second-order valence-electron chi connectivity index (χ2n) is 6.10. The lowest BCUT2D eigenvalue weighted by Gasteiger charge is -2.32. The van der Waals surface area contributed by atoms with E-state index in [1.54, 1.807) is 0 Å².